The van der Waals surface area contributed by atoms with Gasteiger partial charge in [-0.2, -0.15) is 0 Å². The van der Waals surface area contributed by atoms with Crippen molar-refractivity contribution in [3.05, 3.63) is 52.9 Å². The van der Waals surface area contributed by atoms with Gasteiger partial charge >= 0.3 is 0 Å². The summed E-state index contributed by atoms with van der Waals surface area (Å²) in [4.78, 5) is 29.2. The molecule has 2 amide bonds. The number of likely N-dealkylation sites (tertiary alicyclic amines) is 2. The Kier molecular flexibility index (Phi) is 4.96. The van der Waals surface area contributed by atoms with E-state index in [1.165, 1.54) is 0 Å². The highest BCUT2D eigenvalue weighted by molar-refractivity contribution is 5.80. The van der Waals surface area contributed by atoms with Crippen LogP contribution >= 0.6 is 0 Å². The van der Waals surface area contributed by atoms with Crippen molar-refractivity contribution in [2.75, 3.05) is 19.6 Å². The van der Waals surface area contributed by atoms with Crippen LogP contribution in [0.2, 0.25) is 0 Å². The van der Waals surface area contributed by atoms with Crippen LogP contribution in [-0.2, 0) is 22.6 Å². The molecule has 4 rings (SSSR count). The van der Waals surface area contributed by atoms with Gasteiger partial charge in [0, 0.05) is 37.0 Å². The number of rotatable bonds is 4. The van der Waals surface area contributed by atoms with Crippen LogP contribution in [0.3, 0.4) is 0 Å². The average Bonchev–Trinajstić information content (AvgIpc) is 3.16. The molecule has 2 saturated heterocycles. The van der Waals surface area contributed by atoms with E-state index < -0.39 is 0 Å². The first kappa shape index (κ1) is 18.7. The van der Waals surface area contributed by atoms with E-state index in [1.54, 1.807) is 0 Å². The van der Waals surface area contributed by atoms with Crippen molar-refractivity contribution in [1.29, 1.82) is 0 Å². The van der Waals surface area contributed by atoms with Crippen LogP contribution in [0.5, 0.6) is 0 Å². The minimum atomic E-state index is -0.000413. The lowest BCUT2D eigenvalue weighted by atomic mass is 9.77. The number of carbonyl (C=O) groups excluding carboxylic acids is 2. The zero-order valence-electron chi connectivity index (χ0n) is 16.6. The van der Waals surface area contributed by atoms with Gasteiger partial charge in [0.05, 0.1) is 18.7 Å². The van der Waals surface area contributed by atoms with Crippen LogP contribution in [0.1, 0.15) is 41.8 Å². The Bertz CT molecular complexity index is 847. The maximum absolute atomic E-state index is 12.6. The van der Waals surface area contributed by atoms with Crippen molar-refractivity contribution in [2.45, 2.75) is 46.1 Å². The molecule has 0 radical (unpaired) electrons. The fourth-order valence-electron chi connectivity index (χ4n) is 4.49. The number of aryl methyl sites for hydroxylation is 2. The third kappa shape index (κ3) is 3.68. The van der Waals surface area contributed by atoms with Gasteiger partial charge in [0.2, 0.25) is 11.8 Å². The predicted octanol–water partition coefficient (Wildman–Crippen LogP) is 2.88. The quantitative estimate of drug-likeness (QED) is 0.817. The number of hydrogen-bond donors (Lipinski definition) is 0. The first-order valence-electron chi connectivity index (χ1n) is 9.97. The highest BCUT2D eigenvalue weighted by Crippen LogP contribution is 2.41. The SMILES string of the molecule is Cc1noc(C)c1CN1CC2(CCN(C(=O)Cc3ccccc3)CC2)CC1=O. The van der Waals surface area contributed by atoms with Crippen LogP contribution in [0.15, 0.2) is 34.9 Å². The van der Waals surface area contributed by atoms with Crippen molar-refractivity contribution >= 4 is 11.8 Å². The molecule has 0 N–H and O–H groups in total. The summed E-state index contributed by atoms with van der Waals surface area (Å²) in [7, 11) is 0. The standard InChI is InChI=1S/C22H27N3O3/c1-16-19(17(2)28-23-16)14-25-15-22(13-21(25)27)8-10-24(11-9-22)20(26)12-18-6-4-3-5-7-18/h3-7H,8-15H2,1-2H3. The Morgan fingerprint density at radius 1 is 1.18 bits per heavy atom. The third-order valence-electron chi connectivity index (χ3n) is 6.31. The maximum atomic E-state index is 12.6. The van der Waals surface area contributed by atoms with Crippen molar-refractivity contribution in [3.63, 3.8) is 0 Å². The monoisotopic (exact) mass is 381 g/mol. The van der Waals surface area contributed by atoms with Gasteiger partial charge in [-0.1, -0.05) is 35.5 Å². The number of piperidine rings is 1. The molecule has 6 nitrogen and oxygen atoms in total. The summed E-state index contributed by atoms with van der Waals surface area (Å²) < 4.78 is 5.23. The Morgan fingerprint density at radius 3 is 2.54 bits per heavy atom. The summed E-state index contributed by atoms with van der Waals surface area (Å²) in [5, 5.41) is 3.99. The molecular formula is C22H27N3O3. The number of hydrogen-bond acceptors (Lipinski definition) is 4. The number of aromatic nitrogens is 1. The van der Waals surface area contributed by atoms with E-state index in [-0.39, 0.29) is 17.2 Å². The first-order chi connectivity index (χ1) is 13.5. The number of carbonyl (C=O) groups is 2. The van der Waals surface area contributed by atoms with E-state index in [2.05, 4.69) is 5.16 Å². The molecule has 0 atom stereocenters. The van der Waals surface area contributed by atoms with Crippen LogP contribution in [0.4, 0.5) is 0 Å². The predicted molar refractivity (Wildman–Crippen MR) is 104 cm³/mol. The van der Waals surface area contributed by atoms with Gasteiger partial charge in [-0.3, -0.25) is 9.59 Å². The molecule has 2 fully saturated rings. The van der Waals surface area contributed by atoms with E-state index in [1.807, 2.05) is 54.0 Å². The molecular weight excluding hydrogens is 354 g/mol. The van der Waals surface area contributed by atoms with E-state index in [9.17, 15) is 9.59 Å². The van der Waals surface area contributed by atoms with Gasteiger partial charge in [-0.15, -0.1) is 0 Å². The molecule has 2 aliphatic heterocycles. The van der Waals surface area contributed by atoms with Gasteiger partial charge in [-0.05, 0) is 32.3 Å². The molecule has 0 unspecified atom stereocenters. The summed E-state index contributed by atoms with van der Waals surface area (Å²) in [5.41, 5.74) is 2.92. The zero-order valence-corrected chi connectivity index (χ0v) is 16.6. The number of benzene rings is 1. The minimum absolute atomic E-state index is 0.000413. The highest BCUT2D eigenvalue weighted by Gasteiger charge is 2.45. The minimum Gasteiger partial charge on any atom is -0.361 e. The number of amides is 2. The van der Waals surface area contributed by atoms with Crippen molar-refractivity contribution in [3.8, 4) is 0 Å². The summed E-state index contributed by atoms with van der Waals surface area (Å²) in [6, 6.07) is 9.87. The van der Waals surface area contributed by atoms with Crippen molar-refractivity contribution in [1.82, 2.24) is 15.0 Å². The molecule has 3 heterocycles. The molecule has 0 aliphatic carbocycles. The highest BCUT2D eigenvalue weighted by atomic mass is 16.5. The smallest absolute Gasteiger partial charge is 0.226 e. The van der Waals surface area contributed by atoms with Gasteiger partial charge in [0.15, 0.2) is 0 Å². The van der Waals surface area contributed by atoms with E-state index in [4.69, 9.17) is 4.52 Å². The van der Waals surface area contributed by atoms with Gasteiger partial charge in [-0.25, -0.2) is 0 Å². The topological polar surface area (TPSA) is 66.7 Å². The Labute approximate surface area is 165 Å². The van der Waals surface area contributed by atoms with Crippen LogP contribution in [-0.4, -0.2) is 46.4 Å². The largest absolute Gasteiger partial charge is 0.361 e. The molecule has 1 aromatic heterocycles. The van der Waals surface area contributed by atoms with Gasteiger partial charge < -0.3 is 14.3 Å². The van der Waals surface area contributed by atoms with Crippen LogP contribution < -0.4 is 0 Å². The second-order valence-electron chi connectivity index (χ2n) is 8.27. The Hall–Kier alpha value is -2.63. The molecule has 6 heteroatoms. The zero-order chi connectivity index (χ0) is 19.7. The Morgan fingerprint density at radius 2 is 1.89 bits per heavy atom. The summed E-state index contributed by atoms with van der Waals surface area (Å²) in [6.07, 6.45) is 2.80. The van der Waals surface area contributed by atoms with E-state index in [0.29, 0.717) is 19.4 Å². The normalized spacial score (nSPS) is 18.9. The summed E-state index contributed by atoms with van der Waals surface area (Å²) in [5.74, 6) is 1.16. The summed E-state index contributed by atoms with van der Waals surface area (Å²) in [6.45, 7) is 6.60. The fraction of sp³-hybridized carbons (Fsp3) is 0.500. The lowest BCUT2D eigenvalue weighted by Gasteiger charge is -2.39. The molecule has 2 aliphatic rings. The van der Waals surface area contributed by atoms with Crippen molar-refractivity contribution < 1.29 is 14.1 Å². The maximum Gasteiger partial charge on any atom is 0.226 e. The Balaban J connectivity index is 1.35. The molecule has 1 aromatic carbocycles. The van der Waals surface area contributed by atoms with Gasteiger partial charge in [0.25, 0.3) is 0 Å². The second kappa shape index (κ2) is 7.41. The summed E-state index contributed by atoms with van der Waals surface area (Å²) >= 11 is 0. The fourth-order valence-corrected chi connectivity index (χ4v) is 4.49. The molecule has 1 spiro atoms. The molecule has 28 heavy (non-hydrogen) atoms. The van der Waals surface area contributed by atoms with Crippen molar-refractivity contribution in [2.24, 2.45) is 5.41 Å². The van der Waals surface area contributed by atoms with Gasteiger partial charge in [0.1, 0.15) is 5.76 Å². The molecule has 2 aromatic rings. The van der Waals surface area contributed by atoms with Crippen LogP contribution in [0.25, 0.3) is 0 Å². The van der Waals surface area contributed by atoms with E-state index >= 15 is 0 Å². The number of nitrogens with zero attached hydrogens (tertiary/aromatic N) is 3. The lowest BCUT2D eigenvalue weighted by Crippen LogP contribution is -2.44. The second-order valence-corrected chi connectivity index (χ2v) is 8.27. The average molecular weight is 381 g/mol. The first-order valence-corrected chi connectivity index (χ1v) is 9.97. The van der Waals surface area contributed by atoms with Crippen LogP contribution in [0, 0.1) is 19.3 Å². The molecule has 148 valence electrons. The molecule has 0 bridgehead atoms. The lowest BCUT2D eigenvalue weighted by molar-refractivity contribution is -0.132. The molecule has 0 saturated carbocycles. The van der Waals surface area contributed by atoms with E-state index in [0.717, 1.165) is 55.1 Å². The third-order valence-corrected chi connectivity index (χ3v) is 6.31.